The van der Waals surface area contributed by atoms with Crippen LogP contribution in [0.4, 0.5) is 18.9 Å². The van der Waals surface area contributed by atoms with Crippen LogP contribution in [-0.2, 0) is 11.0 Å². The van der Waals surface area contributed by atoms with Crippen LogP contribution in [-0.4, -0.2) is 59.6 Å². The van der Waals surface area contributed by atoms with E-state index in [-0.39, 0.29) is 63.6 Å². The van der Waals surface area contributed by atoms with Crippen LogP contribution in [0.1, 0.15) is 35.3 Å². The van der Waals surface area contributed by atoms with E-state index in [0.29, 0.717) is 11.3 Å². The van der Waals surface area contributed by atoms with E-state index in [9.17, 15) is 33.2 Å². The van der Waals surface area contributed by atoms with E-state index >= 15 is 0 Å². The topological polar surface area (TPSA) is 174 Å². The number of methoxy groups -OCH3 is 2. The van der Waals surface area contributed by atoms with Gasteiger partial charge in [0.05, 0.1) is 48.1 Å². The number of oxime groups is 1. The minimum absolute atomic E-state index is 0.0111. The molecule has 0 unspecified atom stereocenters. The van der Waals surface area contributed by atoms with Crippen LogP contribution in [0.2, 0.25) is 5.02 Å². The lowest BCUT2D eigenvalue weighted by molar-refractivity contribution is -0.385. The number of aromatic carboxylic acids is 1. The molecule has 0 spiro atoms. The van der Waals surface area contributed by atoms with Crippen LogP contribution < -0.4 is 23.7 Å². The summed E-state index contributed by atoms with van der Waals surface area (Å²) in [5.41, 5.74) is -0.510. The highest BCUT2D eigenvalue weighted by Crippen LogP contribution is 2.38. The van der Waals surface area contributed by atoms with Crippen LogP contribution in [0.25, 0.3) is 0 Å². The van der Waals surface area contributed by atoms with Crippen molar-refractivity contribution in [1.29, 1.82) is 0 Å². The molecule has 1 aromatic heterocycles. The minimum atomic E-state index is -4.52. The lowest BCUT2D eigenvalue weighted by Crippen LogP contribution is -2.10. The standard InChI is InChI=1S/C16H17N3O6.C15H11ClF3NO4/c1-9(19-24-4)10-6-5-7-11(14(10)15(20)21)25-16-17-12(22-2)8-13(18-16)23-3;1-2-23-14-8-10(4-5-12(14)20(21)22)24-13-6-3-9(7-11(13)16)15(17,18)19/h5-8H,1-4H3,(H,20,21);3-8H,2H2,1H3. The Hall–Kier alpha value is -5.84. The molecule has 0 aliphatic rings. The van der Waals surface area contributed by atoms with Crippen molar-refractivity contribution < 1.29 is 56.5 Å². The quantitative estimate of drug-likeness (QED) is 0.0860. The largest absolute Gasteiger partial charge is 0.487 e. The number of aromatic nitrogens is 2. The number of carboxylic acid groups (broad SMARTS) is 1. The second-order valence-corrected chi connectivity index (χ2v) is 9.65. The van der Waals surface area contributed by atoms with Crippen molar-refractivity contribution in [3.05, 3.63) is 92.5 Å². The summed E-state index contributed by atoms with van der Waals surface area (Å²) in [6, 6.07) is 12.5. The molecule has 4 rings (SSSR count). The lowest BCUT2D eigenvalue weighted by Gasteiger charge is -2.12. The number of nitro groups is 1. The molecule has 0 atom stereocenters. The lowest BCUT2D eigenvalue weighted by atomic mass is 10.0. The summed E-state index contributed by atoms with van der Waals surface area (Å²) in [6.07, 6.45) is -4.52. The van der Waals surface area contributed by atoms with Gasteiger partial charge >= 0.3 is 23.8 Å². The first-order valence-electron chi connectivity index (χ1n) is 13.8. The Morgan fingerprint density at radius 1 is 0.959 bits per heavy atom. The number of rotatable bonds is 12. The van der Waals surface area contributed by atoms with Crippen LogP contribution in [0, 0.1) is 10.1 Å². The summed E-state index contributed by atoms with van der Waals surface area (Å²) >= 11 is 5.80. The van der Waals surface area contributed by atoms with E-state index in [0.717, 1.165) is 18.2 Å². The molecular formula is C31H28ClF3N4O10. The van der Waals surface area contributed by atoms with Crippen molar-refractivity contribution >= 4 is 29.0 Å². The fraction of sp³-hybridized carbons (Fsp3) is 0.226. The van der Waals surface area contributed by atoms with Gasteiger partial charge in [-0.2, -0.15) is 23.1 Å². The number of ether oxygens (including phenoxy) is 5. The molecule has 4 aromatic rings. The van der Waals surface area contributed by atoms with Gasteiger partial charge in [0, 0.05) is 17.7 Å². The third-order valence-electron chi connectivity index (χ3n) is 6.05. The summed E-state index contributed by atoms with van der Waals surface area (Å²) in [5, 5.41) is 24.0. The Bertz CT molecular complexity index is 1820. The molecule has 1 heterocycles. The van der Waals surface area contributed by atoms with E-state index in [1.165, 1.54) is 51.7 Å². The third-order valence-corrected chi connectivity index (χ3v) is 6.35. The van der Waals surface area contributed by atoms with Crippen molar-refractivity contribution in [3.63, 3.8) is 0 Å². The first kappa shape index (κ1) is 37.6. The molecule has 1 N–H and O–H groups in total. The van der Waals surface area contributed by atoms with Gasteiger partial charge in [0.2, 0.25) is 17.5 Å². The Labute approximate surface area is 281 Å². The number of nitrogens with zero attached hydrogens (tertiary/aromatic N) is 4. The third kappa shape index (κ3) is 10.1. The molecule has 3 aromatic carbocycles. The van der Waals surface area contributed by atoms with Gasteiger partial charge in [0.1, 0.15) is 29.9 Å². The number of hydrogen-bond donors (Lipinski definition) is 1. The molecule has 0 saturated carbocycles. The van der Waals surface area contributed by atoms with Gasteiger partial charge < -0.3 is 33.6 Å². The van der Waals surface area contributed by atoms with Crippen LogP contribution in [0.5, 0.6) is 40.8 Å². The van der Waals surface area contributed by atoms with Gasteiger partial charge in [-0.3, -0.25) is 10.1 Å². The van der Waals surface area contributed by atoms with Crippen molar-refractivity contribution in [3.8, 4) is 40.8 Å². The van der Waals surface area contributed by atoms with E-state index in [1.807, 2.05) is 0 Å². The van der Waals surface area contributed by atoms with Gasteiger partial charge in [-0.1, -0.05) is 28.9 Å². The number of nitro benzene ring substituents is 1. The molecular weight excluding hydrogens is 681 g/mol. The van der Waals surface area contributed by atoms with Crippen LogP contribution in [0.15, 0.2) is 65.8 Å². The minimum Gasteiger partial charge on any atom is -0.487 e. The Balaban J connectivity index is 0.000000266. The second-order valence-electron chi connectivity index (χ2n) is 9.25. The predicted octanol–water partition coefficient (Wildman–Crippen LogP) is 7.81. The molecule has 0 saturated heterocycles. The molecule has 18 heteroatoms. The maximum absolute atomic E-state index is 12.6. The highest BCUT2D eigenvalue weighted by molar-refractivity contribution is 6.32. The molecule has 0 radical (unpaired) electrons. The first-order chi connectivity index (χ1) is 23.2. The predicted molar refractivity (Wildman–Crippen MR) is 169 cm³/mol. The Morgan fingerprint density at radius 3 is 2.16 bits per heavy atom. The zero-order valence-electron chi connectivity index (χ0n) is 26.4. The molecule has 14 nitrogen and oxygen atoms in total. The second kappa shape index (κ2) is 16.8. The van der Waals surface area contributed by atoms with Gasteiger partial charge in [0.15, 0.2) is 0 Å². The SMILES string of the molecule is CCOc1cc(Oc2ccc(C(F)(F)F)cc2Cl)ccc1[N+](=O)[O-].CON=C(C)c1cccc(Oc2nc(OC)cc(OC)n2)c1C(=O)O. The molecule has 260 valence electrons. The monoisotopic (exact) mass is 708 g/mol. The number of halogens is 4. The zero-order valence-corrected chi connectivity index (χ0v) is 27.2. The molecule has 0 amide bonds. The summed E-state index contributed by atoms with van der Waals surface area (Å²) < 4.78 is 64.0. The maximum Gasteiger partial charge on any atom is 0.416 e. The number of hydrogen-bond acceptors (Lipinski definition) is 12. The van der Waals surface area contributed by atoms with E-state index in [1.54, 1.807) is 26.0 Å². The van der Waals surface area contributed by atoms with Crippen molar-refractivity contribution in [1.82, 2.24) is 9.97 Å². The Morgan fingerprint density at radius 2 is 1.63 bits per heavy atom. The van der Waals surface area contributed by atoms with Gasteiger partial charge in [-0.05, 0) is 44.2 Å². The van der Waals surface area contributed by atoms with Gasteiger partial charge in [-0.15, -0.1) is 0 Å². The number of carboxylic acids is 1. The van der Waals surface area contributed by atoms with E-state index < -0.39 is 22.6 Å². The van der Waals surface area contributed by atoms with E-state index in [4.69, 9.17) is 40.1 Å². The first-order valence-corrected chi connectivity index (χ1v) is 14.1. The summed E-state index contributed by atoms with van der Waals surface area (Å²) in [7, 11) is 4.24. The fourth-order valence-electron chi connectivity index (χ4n) is 3.93. The van der Waals surface area contributed by atoms with Crippen molar-refractivity contribution in [2.75, 3.05) is 27.9 Å². The van der Waals surface area contributed by atoms with Crippen LogP contribution >= 0.6 is 11.6 Å². The average molecular weight is 709 g/mol. The van der Waals surface area contributed by atoms with Gasteiger partial charge in [0.25, 0.3) is 0 Å². The maximum atomic E-state index is 12.6. The number of alkyl halides is 3. The summed E-state index contributed by atoms with van der Waals surface area (Å²) in [4.78, 5) is 34.8. The van der Waals surface area contributed by atoms with Gasteiger partial charge in [-0.25, -0.2) is 4.79 Å². The van der Waals surface area contributed by atoms with Crippen molar-refractivity contribution in [2.24, 2.45) is 5.16 Å². The number of carbonyl (C=O) groups is 1. The fourth-order valence-corrected chi connectivity index (χ4v) is 4.15. The molecule has 0 bridgehead atoms. The van der Waals surface area contributed by atoms with E-state index in [2.05, 4.69) is 15.1 Å². The molecule has 0 fully saturated rings. The van der Waals surface area contributed by atoms with Crippen molar-refractivity contribution in [2.45, 2.75) is 20.0 Å². The number of benzene rings is 3. The molecule has 0 aliphatic heterocycles. The summed E-state index contributed by atoms with van der Waals surface area (Å²) in [5.74, 6) is -0.592. The summed E-state index contributed by atoms with van der Waals surface area (Å²) in [6.45, 7) is 3.48. The normalized spacial score (nSPS) is 11.1. The zero-order chi connectivity index (χ0) is 36.3. The average Bonchev–Trinajstić information content (AvgIpc) is 3.05. The molecule has 49 heavy (non-hydrogen) atoms. The highest BCUT2D eigenvalue weighted by atomic mass is 35.5. The molecule has 0 aliphatic carbocycles. The smallest absolute Gasteiger partial charge is 0.416 e. The highest BCUT2D eigenvalue weighted by Gasteiger charge is 2.31. The Kier molecular flexibility index (Phi) is 12.9. The van der Waals surface area contributed by atoms with Crippen LogP contribution in [0.3, 0.4) is 0 Å².